The lowest BCUT2D eigenvalue weighted by molar-refractivity contribution is 0.0158. The van der Waals surface area contributed by atoms with E-state index >= 15 is 0 Å². The third kappa shape index (κ3) is 3.87. The van der Waals surface area contributed by atoms with Gasteiger partial charge in [-0.2, -0.15) is 0 Å². The normalized spacial score (nSPS) is 20.2. The highest BCUT2D eigenvalue weighted by Crippen LogP contribution is 2.22. The first kappa shape index (κ1) is 12.7. The minimum atomic E-state index is 0.274. The smallest absolute Gasteiger partial charge is 0.122 e. The van der Waals surface area contributed by atoms with Crippen molar-refractivity contribution in [3.63, 3.8) is 0 Å². The molecule has 1 aliphatic rings. The molecule has 1 saturated heterocycles. The zero-order valence-electron chi connectivity index (χ0n) is 10.0. The fourth-order valence-corrected chi connectivity index (χ4v) is 2.11. The highest BCUT2D eigenvalue weighted by Gasteiger charge is 2.13. The van der Waals surface area contributed by atoms with Crippen molar-refractivity contribution in [1.82, 2.24) is 5.32 Å². The van der Waals surface area contributed by atoms with E-state index in [1.54, 1.807) is 0 Å². The molecule has 0 amide bonds. The van der Waals surface area contributed by atoms with Gasteiger partial charge in [0.25, 0.3) is 0 Å². The fourth-order valence-electron chi connectivity index (χ4n) is 1.88. The average molecular weight is 256 g/mol. The van der Waals surface area contributed by atoms with Crippen LogP contribution in [0.3, 0.4) is 0 Å². The number of nitrogens with one attached hydrogen (secondary N) is 1. The maximum atomic E-state index is 5.89. The van der Waals surface area contributed by atoms with E-state index < -0.39 is 0 Å². The van der Waals surface area contributed by atoms with Gasteiger partial charge in [-0.15, -0.1) is 0 Å². The topological polar surface area (TPSA) is 30.5 Å². The van der Waals surface area contributed by atoms with Gasteiger partial charge in [-0.05, 0) is 30.7 Å². The molecule has 1 N–H and O–H groups in total. The molecule has 1 heterocycles. The lowest BCUT2D eigenvalue weighted by Crippen LogP contribution is -2.39. The number of halogens is 1. The van der Waals surface area contributed by atoms with Crippen LogP contribution in [0, 0.1) is 6.92 Å². The highest BCUT2D eigenvalue weighted by molar-refractivity contribution is 6.30. The Morgan fingerprint density at radius 1 is 1.53 bits per heavy atom. The summed E-state index contributed by atoms with van der Waals surface area (Å²) in [5, 5.41) is 4.05. The minimum absolute atomic E-state index is 0.274. The summed E-state index contributed by atoms with van der Waals surface area (Å²) in [6, 6.07) is 5.68. The SMILES string of the molecule is Cc1cc(Cl)ccc1OCCC1CNCCO1. The molecular formula is C13H18ClNO2. The Morgan fingerprint density at radius 2 is 2.41 bits per heavy atom. The van der Waals surface area contributed by atoms with Crippen molar-refractivity contribution in [2.45, 2.75) is 19.4 Å². The molecule has 3 nitrogen and oxygen atoms in total. The van der Waals surface area contributed by atoms with Crippen LogP contribution in [-0.4, -0.2) is 32.4 Å². The van der Waals surface area contributed by atoms with E-state index in [0.29, 0.717) is 6.61 Å². The van der Waals surface area contributed by atoms with Gasteiger partial charge in [0.05, 0.1) is 19.3 Å². The molecule has 4 heteroatoms. The van der Waals surface area contributed by atoms with E-state index in [9.17, 15) is 0 Å². The Hall–Kier alpha value is -0.770. The predicted molar refractivity (Wildman–Crippen MR) is 68.9 cm³/mol. The number of ether oxygens (including phenoxy) is 2. The molecule has 1 aliphatic heterocycles. The summed E-state index contributed by atoms with van der Waals surface area (Å²) in [6.45, 7) is 5.34. The van der Waals surface area contributed by atoms with Crippen LogP contribution < -0.4 is 10.1 Å². The van der Waals surface area contributed by atoms with Gasteiger partial charge in [0.2, 0.25) is 0 Å². The first-order valence-electron chi connectivity index (χ1n) is 5.97. The highest BCUT2D eigenvalue weighted by atomic mass is 35.5. The van der Waals surface area contributed by atoms with Gasteiger partial charge >= 0.3 is 0 Å². The van der Waals surface area contributed by atoms with Crippen LogP contribution in [0.2, 0.25) is 5.02 Å². The molecule has 0 saturated carbocycles. The van der Waals surface area contributed by atoms with Gasteiger partial charge in [-0.1, -0.05) is 11.6 Å². The number of benzene rings is 1. The second-order valence-electron chi connectivity index (χ2n) is 4.24. The summed E-state index contributed by atoms with van der Waals surface area (Å²) in [5.41, 5.74) is 1.07. The van der Waals surface area contributed by atoms with Crippen LogP contribution in [0.5, 0.6) is 5.75 Å². The quantitative estimate of drug-likeness (QED) is 0.896. The van der Waals surface area contributed by atoms with E-state index in [-0.39, 0.29) is 6.10 Å². The summed E-state index contributed by atoms with van der Waals surface area (Å²) in [4.78, 5) is 0. The number of morpholine rings is 1. The molecule has 17 heavy (non-hydrogen) atoms. The van der Waals surface area contributed by atoms with Crippen molar-refractivity contribution in [3.05, 3.63) is 28.8 Å². The van der Waals surface area contributed by atoms with E-state index in [2.05, 4.69) is 5.32 Å². The molecular weight excluding hydrogens is 238 g/mol. The van der Waals surface area contributed by atoms with Gasteiger partial charge in [0, 0.05) is 24.5 Å². The number of hydrogen-bond acceptors (Lipinski definition) is 3. The summed E-state index contributed by atoms with van der Waals surface area (Å²) < 4.78 is 11.3. The van der Waals surface area contributed by atoms with Crippen LogP contribution in [0.1, 0.15) is 12.0 Å². The molecule has 1 aromatic rings. The molecule has 0 bridgehead atoms. The summed E-state index contributed by atoms with van der Waals surface area (Å²) in [6.07, 6.45) is 1.19. The largest absolute Gasteiger partial charge is 0.493 e. The Morgan fingerprint density at radius 3 is 3.12 bits per heavy atom. The number of rotatable bonds is 4. The van der Waals surface area contributed by atoms with Crippen molar-refractivity contribution < 1.29 is 9.47 Å². The minimum Gasteiger partial charge on any atom is -0.493 e. The number of hydrogen-bond donors (Lipinski definition) is 1. The van der Waals surface area contributed by atoms with Gasteiger partial charge in [-0.25, -0.2) is 0 Å². The molecule has 0 radical (unpaired) electrons. The zero-order chi connectivity index (χ0) is 12.1. The van der Waals surface area contributed by atoms with Gasteiger partial charge in [0.15, 0.2) is 0 Å². The maximum absolute atomic E-state index is 5.89. The van der Waals surface area contributed by atoms with Crippen LogP contribution in [0.15, 0.2) is 18.2 Å². The van der Waals surface area contributed by atoms with Crippen LogP contribution in [-0.2, 0) is 4.74 Å². The van der Waals surface area contributed by atoms with Crippen molar-refractivity contribution in [3.8, 4) is 5.75 Å². The second-order valence-corrected chi connectivity index (χ2v) is 4.68. The van der Waals surface area contributed by atoms with E-state index in [4.69, 9.17) is 21.1 Å². The standard InChI is InChI=1S/C13H18ClNO2/c1-10-8-11(14)2-3-13(10)17-6-4-12-9-15-5-7-16-12/h2-3,8,12,15H,4-7,9H2,1H3. The molecule has 1 unspecified atom stereocenters. The first-order chi connectivity index (χ1) is 8.25. The van der Waals surface area contributed by atoms with Crippen molar-refractivity contribution in [2.75, 3.05) is 26.3 Å². The lowest BCUT2D eigenvalue weighted by atomic mass is 10.2. The van der Waals surface area contributed by atoms with Crippen molar-refractivity contribution in [1.29, 1.82) is 0 Å². The number of aryl methyl sites for hydroxylation is 1. The molecule has 2 rings (SSSR count). The molecule has 0 aromatic heterocycles. The molecule has 0 spiro atoms. The summed E-state index contributed by atoms with van der Waals surface area (Å²) in [5.74, 6) is 0.901. The Kier molecular flexibility index (Phi) is 4.66. The van der Waals surface area contributed by atoms with Gasteiger partial charge in [0.1, 0.15) is 5.75 Å². The Bertz CT molecular complexity index is 364. The van der Waals surface area contributed by atoms with Gasteiger partial charge < -0.3 is 14.8 Å². The molecule has 1 fully saturated rings. The second kappa shape index (κ2) is 6.24. The third-order valence-electron chi connectivity index (χ3n) is 2.84. The van der Waals surface area contributed by atoms with Crippen LogP contribution in [0.4, 0.5) is 0 Å². The van der Waals surface area contributed by atoms with Crippen molar-refractivity contribution in [2.24, 2.45) is 0 Å². The summed E-state index contributed by atoms with van der Waals surface area (Å²) >= 11 is 5.89. The van der Waals surface area contributed by atoms with Crippen LogP contribution in [0.25, 0.3) is 0 Å². The average Bonchev–Trinajstić information content (AvgIpc) is 2.33. The van der Waals surface area contributed by atoms with Gasteiger partial charge in [-0.3, -0.25) is 0 Å². The molecule has 94 valence electrons. The summed E-state index contributed by atoms with van der Waals surface area (Å²) in [7, 11) is 0. The lowest BCUT2D eigenvalue weighted by Gasteiger charge is -2.23. The molecule has 1 aromatic carbocycles. The van der Waals surface area contributed by atoms with E-state index in [1.165, 1.54) is 0 Å². The first-order valence-corrected chi connectivity index (χ1v) is 6.35. The molecule has 0 aliphatic carbocycles. The predicted octanol–water partition coefficient (Wildman–Crippen LogP) is 2.41. The fraction of sp³-hybridized carbons (Fsp3) is 0.538. The van der Waals surface area contributed by atoms with E-state index in [1.807, 2.05) is 25.1 Å². The maximum Gasteiger partial charge on any atom is 0.122 e. The zero-order valence-corrected chi connectivity index (χ0v) is 10.8. The van der Waals surface area contributed by atoms with E-state index in [0.717, 1.165) is 42.5 Å². The van der Waals surface area contributed by atoms with Crippen molar-refractivity contribution >= 4 is 11.6 Å². The Labute approximate surface area is 107 Å². The van der Waals surface area contributed by atoms with Crippen LogP contribution >= 0.6 is 11.6 Å². The monoisotopic (exact) mass is 255 g/mol. The Balaban J connectivity index is 1.77. The molecule has 1 atom stereocenters. The third-order valence-corrected chi connectivity index (χ3v) is 3.07.